The predicted molar refractivity (Wildman–Crippen MR) is 79.3 cm³/mol. The lowest BCUT2D eigenvalue weighted by Crippen LogP contribution is -2.44. The molecule has 2 heterocycles. The second-order valence-electron chi connectivity index (χ2n) is 5.59. The van der Waals surface area contributed by atoms with Crippen molar-refractivity contribution in [1.29, 1.82) is 0 Å². The van der Waals surface area contributed by atoms with E-state index in [1.54, 1.807) is 10.4 Å². The van der Waals surface area contributed by atoms with Gasteiger partial charge in [0.25, 0.3) is 0 Å². The first kappa shape index (κ1) is 13.7. The molecular formula is C14H20N2O3S. The van der Waals surface area contributed by atoms with Gasteiger partial charge in [0.1, 0.15) is 0 Å². The van der Waals surface area contributed by atoms with Crippen LogP contribution in [0.25, 0.3) is 0 Å². The summed E-state index contributed by atoms with van der Waals surface area (Å²) in [6.45, 7) is 3.01. The Kier molecular flexibility index (Phi) is 3.38. The smallest absolute Gasteiger partial charge is 0.238 e. The summed E-state index contributed by atoms with van der Waals surface area (Å²) in [6, 6.07) is 5.43. The molecule has 3 rings (SSSR count). The third-order valence-corrected chi connectivity index (χ3v) is 6.54. The van der Waals surface area contributed by atoms with Crippen molar-refractivity contribution in [2.75, 3.05) is 23.3 Å². The highest BCUT2D eigenvalue weighted by atomic mass is 32.2. The molecule has 110 valence electrons. The molecule has 0 bridgehead atoms. The van der Waals surface area contributed by atoms with E-state index < -0.39 is 10.0 Å². The Hall–Kier alpha value is -1.27. The van der Waals surface area contributed by atoms with E-state index in [1.807, 2.05) is 19.1 Å². The van der Waals surface area contributed by atoms with Gasteiger partial charge in [-0.2, -0.15) is 0 Å². The molecule has 2 aliphatic heterocycles. The van der Waals surface area contributed by atoms with E-state index >= 15 is 0 Å². The SMILES string of the molecule is CC1Cc2cc(N)ccc2N1S(=O)(=O)C1CCOCC1. The van der Waals surface area contributed by atoms with Crippen molar-refractivity contribution < 1.29 is 13.2 Å². The summed E-state index contributed by atoms with van der Waals surface area (Å²) >= 11 is 0. The molecule has 5 nitrogen and oxygen atoms in total. The fourth-order valence-electron chi connectivity index (χ4n) is 3.14. The van der Waals surface area contributed by atoms with E-state index in [9.17, 15) is 8.42 Å². The molecule has 6 heteroatoms. The van der Waals surface area contributed by atoms with Crippen LogP contribution in [0.3, 0.4) is 0 Å². The number of nitrogen functional groups attached to an aromatic ring is 1. The van der Waals surface area contributed by atoms with Crippen LogP contribution in [0.15, 0.2) is 18.2 Å². The number of sulfonamides is 1. The van der Waals surface area contributed by atoms with E-state index in [1.165, 1.54) is 0 Å². The second-order valence-corrected chi connectivity index (χ2v) is 7.68. The van der Waals surface area contributed by atoms with Crippen LogP contribution < -0.4 is 10.0 Å². The standard InChI is InChI=1S/C14H20N2O3S/c1-10-8-11-9-12(15)2-3-14(11)16(10)20(17,18)13-4-6-19-7-5-13/h2-3,9-10,13H,4-8,15H2,1H3. The van der Waals surface area contributed by atoms with Crippen molar-refractivity contribution in [2.45, 2.75) is 37.5 Å². The third-order valence-electron chi connectivity index (χ3n) is 4.12. The van der Waals surface area contributed by atoms with Crippen molar-refractivity contribution in [3.05, 3.63) is 23.8 Å². The lowest BCUT2D eigenvalue weighted by molar-refractivity contribution is 0.0983. The molecule has 0 radical (unpaired) electrons. The van der Waals surface area contributed by atoms with Gasteiger partial charge in [-0.25, -0.2) is 8.42 Å². The van der Waals surface area contributed by atoms with Gasteiger partial charge in [-0.05, 0) is 49.9 Å². The van der Waals surface area contributed by atoms with Crippen LogP contribution in [0.2, 0.25) is 0 Å². The van der Waals surface area contributed by atoms with Gasteiger partial charge in [0, 0.05) is 24.9 Å². The Morgan fingerprint density at radius 1 is 1.30 bits per heavy atom. The van der Waals surface area contributed by atoms with E-state index in [0.29, 0.717) is 31.7 Å². The summed E-state index contributed by atoms with van der Waals surface area (Å²) in [5.41, 5.74) is 8.28. The van der Waals surface area contributed by atoms with E-state index in [0.717, 1.165) is 17.7 Å². The number of hydrogen-bond acceptors (Lipinski definition) is 4. The first-order valence-corrected chi connectivity index (χ1v) is 8.50. The minimum Gasteiger partial charge on any atom is -0.399 e. The third kappa shape index (κ3) is 2.16. The van der Waals surface area contributed by atoms with Crippen LogP contribution in [0.4, 0.5) is 11.4 Å². The molecular weight excluding hydrogens is 276 g/mol. The summed E-state index contributed by atoms with van der Waals surface area (Å²) in [5, 5.41) is -0.331. The molecule has 1 aromatic carbocycles. The topological polar surface area (TPSA) is 72.6 Å². The fraction of sp³-hybridized carbons (Fsp3) is 0.571. The normalized spacial score (nSPS) is 23.9. The molecule has 1 unspecified atom stereocenters. The van der Waals surface area contributed by atoms with Crippen LogP contribution >= 0.6 is 0 Å². The number of rotatable bonds is 2. The Balaban J connectivity index is 1.97. The first-order valence-electron chi connectivity index (χ1n) is 6.99. The Labute approximate surface area is 119 Å². The van der Waals surface area contributed by atoms with Crippen LogP contribution in [0, 0.1) is 0 Å². The van der Waals surface area contributed by atoms with E-state index in [4.69, 9.17) is 10.5 Å². The van der Waals surface area contributed by atoms with Gasteiger partial charge >= 0.3 is 0 Å². The van der Waals surface area contributed by atoms with Gasteiger partial charge in [0.15, 0.2) is 0 Å². The molecule has 0 amide bonds. The summed E-state index contributed by atoms with van der Waals surface area (Å²) in [5.74, 6) is 0. The van der Waals surface area contributed by atoms with Crippen molar-refractivity contribution in [1.82, 2.24) is 0 Å². The molecule has 0 aromatic heterocycles. The average molecular weight is 296 g/mol. The predicted octanol–water partition coefficient (Wildman–Crippen LogP) is 1.53. The molecule has 1 fully saturated rings. The zero-order valence-electron chi connectivity index (χ0n) is 11.6. The van der Waals surface area contributed by atoms with Crippen LogP contribution in [-0.4, -0.2) is 32.9 Å². The van der Waals surface area contributed by atoms with Gasteiger partial charge in [0.2, 0.25) is 10.0 Å². The largest absolute Gasteiger partial charge is 0.399 e. The fourth-order valence-corrected chi connectivity index (χ4v) is 5.28. The van der Waals surface area contributed by atoms with Crippen LogP contribution in [-0.2, 0) is 21.2 Å². The van der Waals surface area contributed by atoms with Gasteiger partial charge in [0.05, 0.1) is 10.9 Å². The zero-order chi connectivity index (χ0) is 14.3. The lowest BCUT2D eigenvalue weighted by Gasteiger charge is -2.31. The minimum atomic E-state index is -3.32. The zero-order valence-corrected chi connectivity index (χ0v) is 12.4. The number of benzene rings is 1. The van der Waals surface area contributed by atoms with Crippen molar-refractivity contribution >= 4 is 21.4 Å². The second kappa shape index (κ2) is 4.93. The van der Waals surface area contributed by atoms with Gasteiger partial charge in [-0.3, -0.25) is 4.31 Å². The summed E-state index contributed by atoms with van der Waals surface area (Å²) in [6.07, 6.45) is 1.88. The van der Waals surface area contributed by atoms with E-state index in [-0.39, 0.29) is 11.3 Å². The lowest BCUT2D eigenvalue weighted by atomic mass is 10.1. The summed E-state index contributed by atoms with van der Waals surface area (Å²) in [7, 11) is -3.32. The maximum Gasteiger partial charge on any atom is 0.238 e. The molecule has 2 N–H and O–H groups in total. The number of nitrogens with two attached hydrogens (primary N) is 1. The number of hydrogen-bond donors (Lipinski definition) is 1. The summed E-state index contributed by atoms with van der Waals surface area (Å²) in [4.78, 5) is 0. The van der Waals surface area contributed by atoms with Crippen LogP contribution in [0.5, 0.6) is 0 Å². The molecule has 0 saturated carbocycles. The molecule has 1 saturated heterocycles. The molecule has 1 atom stereocenters. The maximum absolute atomic E-state index is 12.9. The molecule has 20 heavy (non-hydrogen) atoms. The van der Waals surface area contributed by atoms with Crippen molar-refractivity contribution in [3.63, 3.8) is 0 Å². The quantitative estimate of drug-likeness (QED) is 0.840. The number of nitrogens with zero attached hydrogens (tertiary/aromatic N) is 1. The maximum atomic E-state index is 12.9. The Bertz CT molecular complexity index is 609. The van der Waals surface area contributed by atoms with Crippen molar-refractivity contribution in [3.8, 4) is 0 Å². The molecule has 2 aliphatic rings. The van der Waals surface area contributed by atoms with Gasteiger partial charge < -0.3 is 10.5 Å². The number of anilines is 2. The number of ether oxygens (including phenoxy) is 1. The van der Waals surface area contributed by atoms with E-state index in [2.05, 4.69) is 0 Å². The highest BCUT2D eigenvalue weighted by molar-refractivity contribution is 7.93. The Morgan fingerprint density at radius 3 is 2.70 bits per heavy atom. The average Bonchev–Trinajstić information content (AvgIpc) is 2.75. The van der Waals surface area contributed by atoms with Gasteiger partial charge in [-0.15, -0.1) is 0 Å². The molecule has 0 spiro atoms. The van der Waals surface area contributed by atoms with Crippen molar-refractivity contribution in [2.24, 2.45) is 0 Å². The monoisotopic (exact) mass is 296 g/mol. The Morgan fingerprint density at radius 2 is 2.00 bits per heavy atom. The van der Waals surface area contributed by atoms with Gasteiger partial charge in [-0.1, -0.05) is 0 Å². The molecule has 0 aliphatic carbocycles. The number of fused-ring (bicyclic) bond motifs is 1. The highest BCUT2D eigenvalue weighted by Gasteiger charge is 2.40. The molecule has 1 aromatic rings. The minimum absolute atomic E-state index is 0.0420. The summed E-state index contributed by atoms with van der Waals surface area (Å²) < 4.78 is 32.6. The van der Waals surface area contributed by atoms with Crippen LogP contribution in [0.1, 0.15) is 25.3 Å². The highest BCUT2D eigenvalue weighted by Crippen LogP contribution is 2.37. The first-order chi connectivity index (χ1) is 9.50.